The topological polar surface area (TPSA) is 75.6 Å². The fourth-order valence-corrected chi connectivity index (χ4v) is 2.63. The van der Waals surface area contributed by atoms with Crippen LogP contribution >= 0.6 is 0 Å². The van der Waals surface area contributed by atoms with E-state index in [9.17, 15) is 0 Å². The van der Waals surface area contributed by atoms with E-state index in [0.29, 0.717) is 18.3 Å². The summed E-state index contributed by atoms with van der Waals surface area (Å²) in [4.78, 5) is 8.57. The Morgan fingerprint density at radius 1 is 1.04 bits per heavy atom. The molecule has 6 nitrogen and oxygen atoms in total. The van der Waals surface area contributed by atoms with Gasteiger partial charge in [-0.25, -0.2) is 0 Å². The van der Waals surface area contributed by atoms with Crippen LogP contribution in [0.15, 0.2) is 42.9 Å². The third-order valence-corrected chi connectivity index (χ3v) is 3.67. The van der Waals surface area contributed by atoms with E-state index >= 15 is 0 Å². The molecule has 24 heavy (non-hydrogen) atoms. The van der Waals surface area contributed by atoms with Crippen molar-refractivity contribution in [2.24, 2.45) is 0 Å². The van der Waals surface area contributed by atoms with Gasteiger partial charge in [-0.3, -0.25) is 4.98 Å². The number of pyridine rings is 1. The first kappa shape index (κ1) is 15.9. The minimum atomic E-state index is 0.473. The first-order valence-corrected chi connectivity index (χ1v) is 7.79. The molecule has 6 heteroatoms. The molecule has 0 atom stereocenters. The second-order valence-electron chi connectivity index (χ2n) is 5.78. The minimum Gasteiger partial charge on any atom is -0.364 e. The normalized spacial score (nSPS) is 10.5. The number of nitrogens with zero attached hydrogens (tertiary/aromatic N) is 4. The number of anilines is 3. The standard InChI is InChI=1S/C18H20N6/c1-12-7-13(2)17(14(3)8-12)23-18-22-16(11-21-24-18)20-10-15-5-4-6-19-9-15/h4-9,11H,10H2,1-3H3,(H2,20,22,23,24). The van der Waals surface area contributed by atoms with Crippen molar-refractivity contribution in [2.45, 2.75) is 27.3 Å². The van der Waals surface area contributed by atoms with Gasteiger partial charge in [-0.2, -0.15) is 10.1 Å². The lowest BCUT2D eigenvalue weighted by molar-refractivity contribution is 0.963. The number of aromatic nitrogens is 4. The number of nitrogens with one attached hydrogen (secondary N) is 2. The van der Waals surface area contributed by atoms with Crippen LogP contribution in [0.3, 0.4) is 0 Å². The molecule has 122 valence electrons. The first-order valence-electron chi connectivity index (χ1n) is 7.79. The molecule has 3 rings (SSSR count). The predicted octanol–water partition coefficient (Wildman–Crippen LogP) is 3.55. The molecule has 2 aromatic heterocycles. The van der Waals surface area contributed by atoms with E-state index in [4.69, 9.17) is 0 Å². The fraction of sp³-hybridized carbons (Fsp3) is 0.222. The molecule has 1 aromatic carbocycles. The Kier molecular flexibility index (Phi) is 4.65. The Morgan fingerprint density at radius 3 is 2.54 bits per heavy atom. The molecule has 0 aliphatic heterocycles. The van der Waals surface area contributed by atoms with Crippen molar-refractivity contribution in [3.63, 3.8) is 0 Å². The van der Waals surface area contributed by atoms with Crippen molar-refractivity contribution in [1.29, 1.82) is 0 Å². The van der Waals surface area contributed by atoms with Gasteiger partial charge in [-0.1, -0.05) is 23.8 Å². The zero-order valence-corrected chi connectivity index (χ0v) is 14.0. The average molecular weight is 320 g/mol. The van der Waals surface area contributed by atoms with E-state index in [2.05, 4.69) is 63.7 Å². The molecule has 0 fully saturated rings. The molecule has 0 saturated carbocycles. The maximum absolute atomic E-state index is 4.47. The van der Waals surface area contributed by atoms with Crippen LogP contribution in [0.4, 0.5) is 17.5 Å². The van der Waals surface area contributed by atoms with Gasteiger partial charge >= 0.3 is 0 Å². The monoisotopic (exact) mass is 320 g/mol. The van der Waals surface area contributed by atoms with E-state index < -0.39 is 0 Å². The lowest BCUT2D eigenvalue weighted by Crippen LogP contribution is -2.07. The Bertz CT molecular complexity index is 809. The number of aryl methyl sites for hydroxylation is 3. The maximum Gasteiger partial charge on any atom is 0.249 e. The number of benzene rings is 1. The van der Waals surface area contributed by atoms with E-state index in [1.807, 2.05) is 18.3 Å². The summed E-state index contributed by atoms with van der Waals surface area (Å²) in [5, 5.41) is 14.6. The third-order valence-electron chi connectivity index (χ3n) is 3.67. The van der Waals surface area contributed by atoms with Crippen LogP contribution < -0.4 is 10.6 Å². The van der Waals surface area contributed by atoms with Gasteiger partial charge < -0.3 is 10.6 Å². The summed E-state index contributed by atoms with van der Waals surface area (Å²) in [5.41, 5.74) is 5.65. The van der Waals surface area contributed by atoms with Crippen LogP contribution in [0.25, 0.3) is 0 Å². The SMILES string of the molecule is Cc1cc(C)c(Nc2nncc(NCc3cccnc3)n2)c(C)c1. The first-order chi connectivity index (χ1) is 11.6. The molecule has 3 aromatic rings. The summed E-state index contributed by atoms with van der Waals surface area (Å²) in [7, 11) is 0. The van der Waals surface area contributed by atoms with Crippen LogP contribution in [-0.4, -0.2) is 20.2 Å². The Morgan fingerprint density at radius 2 is 1.83 bits per heavy atom. The van der Waals surface area contributed by atoms with Gasteiger partial charge in [0, 0.05) is 24.6 Å². The molecular formula is C18H20N6. The van der Waals surface area contributed by atoms with E-state index in [1.165, 1.54) is 5.56 Å². The van der Waals surface area contributed by atoms with Gasteiger partial charge in [0.2, 0.25) is 5.95 Å². The molecule has 0 saturated heterocycles. The second kappa shape index (κ2) is 7.04. The van der Waals surface area contributed by atoms with Crippen LogP contribution in [0.1, 0.15) is 22.3 Å². The summed E-state index contributed by atoms with van der Waals surface area (Å²) >= 11 is 0. The maximum atomic E-state index is 4.47. The summed E-state index contributed by atoms with van der Waals surface area (Å²) in [6, 6.07) is 8.18. The third kappa shape index (κ3) is 3.84. The zero-order chi connectivity index (χ0) is 16.9. The quantitative estimate of drug-likeness (QED) is 0.749. The van der Waals surface area contributed by atoms with Crippen molar-refractivity contribution < 1.29 is 0 Å². The smallest absolute Gasteiger partial charge is 0.249 e. The molecule has 0 aliphatic rings. The van der Waals surface area contributed by atoms with Crippen LogP contribution in [-0.2, 0) is 6.54 Å². The second-order valence-corrected chi connectivity index (χ2v) is 5.78. The van der Waals surface area contributed by atoms with Crippen molar-refractivity contribution in [3.05, 3.63) is 65.1 Å². The summed E-state index contributed by atoms with van der Waals surface area (Å²) in [5.74, 6) is 1.14. The van der Waals surface area contributed by atoms with Crippen molar-refractivity contribution in [3.8, 4) is 0 Å². The molecule has 0 aliphatic carbocycles. The highest BCUT2D eigenvalue weighted by Crippen LogP contribution is 2.24. The summed E-state index contributed by atoms with van der Waals surface area (Å²) in [6.45, 7) is 6.86. The van der Waals surface area contributed by atoms with Gasteiger partial charge in [0.15, 0.2) is 5.82 Å². The average Bonchev–Trinajstić information content (AvgIpc) is 2.58. The van der Waals surface area contributed by atoms with E-state index in [1.54, 1.807) is 12.4 Å². The zero-order valence-electron chi connectivity index (χ0n) is 14.0. The fourth-order valence-electron chi connectivity index (χ4n) is 2.63. The van der Waals surface area contributed by atoms with Crippen molar-refractivity contribution in [2.75, 3.05) is 10.6 Å². The van der Waals surface area contributed by atoms with E-state index in [0.717, 1.165) is 22.4 Å². The highest BCUT2D eigenvalue weighted by Gasteiger charge is 2.07. The van der Waals surface area contributed by atoms with Gasteiger partial charge in [-0.05, 0) is 43.5 Å². The number of rotatable bonds is 5. The molecule has 2 heterocycles. The largest absolute Gasteiger partial charge is 0.364 e. The molecule has 0 radical (unpaired) electrons. The van der Waals surface area contributed by atoms with Crippen LogP contribution in [0.2, 0.25) is 0 Å². The van der Waals surface area contributed by atoms with Gasteiger partial charge in [0.25, 0.3) is 0 Å². The summed E-state index contributed by atoms with van der Waals surface area (Å²) in [6.07, 6.45) is 5.18. The van der Waals surface area contributed by atoms with Gasteiger partial charge in [0.05, 0.1) is 6.20 Å². The minimum absolute atomic E-state index is 0.473. The lowest BCUT2D eigenvalue weighted by Gasteiger charge is -2.13. The summed E-state index contributed by atoms with van der Waals surface area (Å²) < 4.78 is 0. The molecule has 2 N–H and O–H groups in total. The van der Waals surface area contributed by atoms with Crippen molar-refractivity contribution >= 4 is 17.5 Å². The predicted molar refractivity (Wildman–Crippen MR) is 95.3 cm³/mol. The molecule has 0 bridgehead atoms. The highest BCUT2D eigenvalue weighted by molar-refractivity contribution is 5.64. The lowest BCUT2D eigenvalue weighted by atomic mass is 10.1. The number of hydrogen-bond acceptors (Lipinski definition) is 6. The Balaban J connectivity index is 1.74. The number of hydrogen-bond donors (Lipinski definition) is 2. The molecular weight excluding hydrogens is 300 g/mol. The van der Waals surface area contributed by atoms with Crippen LogP contribution in [0.5, 0.6) is 0 Å². The Hall–Kier alpha value is -3.02. The van der Waals surface area contributed by atoms with Gasteiger partial charge in [0.1, 0.15) is 0 Å². The van der Waals surface area contributed by atoms with Crippen molar-refractivity contribution in [1.82, 2.24) is 20.2 Å². The van der Waals surface area contributed by atoms with Gasteiger partial charge in [-0.15, -0.1) is 5.10 Å². The van der Waals surface area contributed by atoms with Crippen LogP contribution in [0, 0.1) is 20.8 Å². The molecule has 0 amide bonds. The van der Waals surface area contributed by atoms with E-state index in [-0.39, 0.29) is 0 Å². The highest BCUT2D eigenvalue weighted by atomic mass is 15.3. The molecule has 0 spiro atoms. The Labute approximate surface area is 141 Å². The molecule has 0 unspecified atom stereocenters.